The molecule has 30 heavy (non-hydrogen) atoms. The molecule has 1 aromatic heterocycles. The highest BCUT2D eigenvalue weighted by Gasteiger charge is 2.08. The van der Waals surface area contributed by atoms with Gasteiger partial charge in [0.1, 0.15) is 6.61 Å². The van der Waals surface area contributed by atoms with E-state index >= 15 is 0 Å². The smallest absolute Gasteiger partial charge is 0.214 e. The average Bonchev–Trinajstić information content (AvgIpc) is 3.24. The molecule has 7 nitrogen and oxygen atoms in total. The van der Waals surface area contributed by atoms with Crippen LogP contribution in [-0.4, -0.2) is 46.2 Å². The zero-order valence-electron chi connectivity index (χ0n) is 16.9. The summed E-state index contributed by atoms with van der Waals surface area (Å²) in [7, 11) is 1.65. The maximum atomic E-state index is 5.58. The molecule has 0 fully saturated rings. The summed E-state index contributed by atoms with van der Waals surface area (Å²) in [5.74, 6) is 2.39. The number of thioether (sulfide) groups is 1. The first-order valence-corrected chi connectivity index (χ1v) is 10.4. The van der Waals surface area contributed by atoms with Crippen molar-refractivity contribution in [3.63, 3.8) is 0 Å². The van der Waals surface area contributed by atoms with E-state index in [1.54, 1.807) is 29.6 Å². The van der Waals surface area contributed by atoms with E-state index in [1.165, 1.54) is 0 Å². The van der Waals surface area contributed by atoms with E-state index < -0.39 is 0 Å². The largest absolute Gasteiger partial charge is 0.493 e. The van der Waals surface area contributed by atoms with Gasteiger partial charge in [-0.1, -0.05) is 48.7 Å². The number of para-hydroxylation sites is 1. The lowest BCUT2D eigenvalue weighted by molar-refractivity contribution is 0.326. The summed E-state index contributed by atoms with van der Waals surface area (Å²) in [6, 6.07) is 15.9. The third kappa shape index (κ3) is 6.76. The second kappa shape index (κ2) is 12.9. The van der Waals surface area contributed by atoms with Crippen LogP contribution in [0.5, 0.6) is 11.5 Å². The van der Waals surface area contributed by atoms with Crippen molar-refractivity contribution >= 4 is 24.2 Å². The predicted molar refractivity (Wildman–Crippen MR) is 122 cm³/mol. The number of tetrazole rings is 1. The highest BCUT2D eigenvalue weighted by atomic mass is 35.5. The van der Waals surface area contributed by atoms with Crippen LogP contribution in [0.4, 0.5) is 0 Å². The molecule has 3 aromatic rings. The zero-order chi connectivity index (χ0) is 20.3. The molecular formula is C21H26ClN5O2S. The highest BCUT2D eigenvalue weighted by molar-refractivity contribution is 7.99. The van der Waals surface area contributed by atoms with E-state index in [0.717, 1.165) is 53.2 Å². The number of aromatic nitrogens is 4. The summed E-state index contributed by atoms with van der Waals surface area (Å²) in [6.45, 7) is 5.79. The standard InChI is InChI=1S/C21H25N5O2S.ClH/c1-3-13-28-19-11-10-17(15-20(19)27-2)16-22-12-7-14-29-21-23-24-25-26(21)18-8-5-4-6-9-18;/h3-6,8-11,15,22H,1,7,12-14,16H2,2H3;1H. The Balaban J connectivity index is 0.00000320. The van der Waals surface area contributed by atoms with Gasteiger partial charge in [-0.05, 0) is 53.2 Å². The number of hydrogen-bond donors (Lipinski definition) is 1. The van der Waals surface area contributed by atoms with Gasteiger partial charge in [-0.15, -0.1) is 17.5 Å². The van der Waals surface area contributed by atoms with Gasteiger partial charge in [0.05, 0.1) is 12.8 Å². The third-order valence-electron chi connectivity index (χ3n) is 4.08. The molecule has 2 aromatic carbocycles. The van der Waals surface area contributed by atoms with E-state index in [2.05, 4.69) is 27.4 Å². The van der Waals surface area contributed by atoms with Crippen molar-refractivity contribution in [1.29, 1.82) is 0 Å². The maximum absolute atomic E-state index is 5.58. The van der Waals surface area contributed by atoms with Crippen molar-refractivity contribution in [2.75, 3.05) is 26.0 Å². The molecule has 3 rings (SSSR count). The Kier molecular flexibility index (Phi) is 10.2. The van der Waals surface area contributed by atoms with Crippen LogP contribution in [0.3, 0.4) is 0 Å². The number of nitrogens with one attached hydrogen (secondary N) is 1. The van der Waals surface area contributed by atoms with Crippen molar-refractivity contribution in [2.45, 2.75) is 18.1 Å². The van der Waals surface area contributed by atoms with Gasteiger partial charge >= 0.3 is 0 Å². The number of methoxy groups -OCH3 is 1. The maximum Gasteiger partial charge on any atom is 0.214 e. The lowest BCUT2D eigenvalue weighted by atomic mass is 10.2. The summed E-state index contributed by atoms with van der Waals surface area (Å²) < 4.78 is 12.8. The number of halogens is 1. The van der Waals surface area contributed by atoms with E-state index in [0.29, 0.717) is 6.61 Å². The van der Waals surface area contributed by atoms with Crippen molar-refractivity contribution in [2.24, 2.45) is 0 Å². The Hall–Kier alpha value is -2.55. The van der Waals surface area contributed by atoms with Crippen LogP contribution >= 0.6 is 24.2 Å². The first kappa shape index (κ1) is 23.7. The summed E-state index contributed by atoms with van der Waals surface area (Å²) in [5, 5.41) is 16.2. The van der Waals surface area contributed by atoms with Crippen molar-refractivity contribution in [3.8, 4) is 17.2 Å². The summed E-state index contributed by atoms with van der Waals surface area (Å²) >= 11 is 1.65. The fourth-order valence-electron chi connectivity index (χ4n) is 2.68. The quantitative estimate of drug-likeness (QED) is 0.256. The molecule has 160 valence electrons. The zero-order valence-corrected chi connectivity index (χ0v) is 18.5. The minimum absolute atomic E-state index is 0. The second-order valence-corrected chi connectivity index (χ2v) is 7.23. The topological polar surface area (TPSA) is 74.1 Å². The summed E-state index contributed by atoms with van der Waals surface area (Å²) in [4.78, 5) is 0. The van der Waals surface area contributed by atoms with Gasteiger partial charge in [0.2, 0.25) is 5.16 Å². The Morgan fingerprint density at radius 2 is 2.00 bits per heavy atom. The fraction of sp³-hybridized carbons (Fsp3) is 0.286. The molecule has 0 saturated carbocycles. The van der Waals surface area contributed by atoms with E-state index in [9.17, 15) is 0 Å². The van der Waals surface area contributed by atoms with E-state index in [1.807, 2.05) is 48.5 Å². The van der Waals surface area contributed by atoms with Crippen molar-refractivity contribution in [3.05, 3.63) is 66.7 Å². The van der Waals surface area contributed by atoms with Crippen LogP contribution in [0, 0.1) is 0 Å². The van der Waals surface area contributed by atoms with Gasteiger partial charge in [0, 0.05) is 12.3 Å². The molecule has 0 unspecified atom stereocenters. The van der Waals surface area contributed by atoms with Gasteiger partial charge in [-0.2, -0.15) is 4.68 Å². The van der Waals surface area contributed by atoms with Crippen LogP contribution in [0.2, 0.25) is 0 Å². The Bertz CT molecular complexity index is 907. The van der Waals surface area contributed by atoms with Crippen LogP contribution in [0.25, 0.3) is 5.69 Å². The molecule has 0 aliphatic carbocycles. The predicted octanol–water partition coefficient (Wildman–Crippen LogP) is 3.93. The minimum atomic E-state index is 0. The normalized spacial score (nSPS) is 10.3. The lowest BCUT2D eigenvalue weighted by Crippen LogP contribution is -2.15. The molecule has 9 heteroatoms. The summed E-state index contributed by atoms with van der Waals surface area (Å²) in [5.41, 5.74) is 2.11. The summed E-state index contributed by atoms with van der Waals surface area (Å²) in [6.07, 6.45) is 2.72. The van der Waals surface area contributed by atoms with Crippen LogP contribution in [-0.2, 0) is 6.54 Å². The Labute approximate surface area is 187 Å². The van der Waals surface area contributed by atoms with E-state index in [4.69, 9.17) is 9.47 Å². The molecule has 0 aliphatic rings. The number of nitrogens with zero attached hydrogens (tertiary/aromatic N) is 4. The number of hydrogen-bond acceptors (Lipinski definition) is 7. The lowest BCUT2D eigenvalue weighted by Gasteiger charge is -2.11. The van der Waals surface area contributed by atoms with Crippen LogP contribution in [0.15, 0.2) is 66.3 Å². The third-order valence-corrected chi connectivity index (χ3v) is 5.09. The van der Waals surface area contributed by atoms with Gasteiger partial charge in [0.15, 0.2) is 11.5 Å². The molecule has 1 N–H and O–H groups in total. The molecule has 0 radical (unpaired) electrons. The first-order chi connectivity index (χ1) is 14.3. The van der Waals surface area contributed by atoms with Gasteiger partial charge in [-0.25, -0.2) is 0 Å². The van der Waals surface area contributed by atoms with Gasteiger partial charge < -0.3 is 14.8 Å². The number of ether oxygens (including phenoxy) is 2. The number of rotatable bonds is 12. The van der Waals surface area contributed by atoms with Gasteiger partial charge in [0.25, 0.3) is 0 Å². The molecule has 0 bridgehead atoms. The molecule has 1 heterocycles. The monoisotopic (exact) mass is 447 g/mol. The van der Waals surface area contributed by atoms with Crippen LogP contribution < -0.4 is 14.8 Å². The second-order valence-electron chi connectivity index (χ2n) is 6.17. The van der Waals surface area contributed by atoms with Crippen molar-refractivity contribution < 1.29 is 9.47 Å². The van der Waals surface area contributed by atoms with Gasteiger partial charge in [-0.3, -0.25) is 0 Å². The number of benzene rings is 2. The van der Waals surface area contributed by atoms with Crippen LogP contribution in [0.1, 0.15) is 12.0 Å². The Morgan fingerprint density at radius 1 is 1.17 bits per heavy atom. The first-order valence-electron chi connectivity index (χ1n) is 9.39. The molecule has 0 saturated heterocycles. The average molecular weight is 448 g/mol. The molecule has 0 atom stereocenters. The van der Waals surface area contributed by atoms with E-state index in [-0.39, 0.29) is 12.4 Å². The Morgan fingerprint density at radius 3 is 2.77 bits per heavy atom. The van der Waals surface area contributed by atoms with Crippen molar-refractivity contribution in [1.82, 2.24) is 25.5 Å². The highest BCUT2D eigenvalue weighted by Crippen LogP contribution is 2.28. The fourth-order valence-corrected chi connectivity index (χ4v) is 3.51. The SMILES string of the molecule is C=CCOc1ccc(CNCCCSc2nnnn2-c2ccccc2)cc1OC.Cl. The molecule has 0 spiro atoms. The molecule has 0 amide bonds. The molecular weight excluding hydrogens is 422 g/mol. The minimum Gasteiger partial charge on any atom is -0.493 e. The molecule has 0 aliphatic heterocycles.